The zero-order valence-corrected chi connectivity index (χ0v) is 32.5. The summed E-state index contributed by atoms with van der Waals surface area (Å²) in [5.74, 6) is -3.90. The largest absolute Gasteiger partial charge is 0.465 e. The molecule has 2 amide bonds. The number of nitrogens with zero attached hydrogens (tertiary/aromatic N) is 2. The average Bonchev–Trinajstić information content (AvgIpc) is 3.62. The number of hydroxylamine groups is 4. The van der Waals surface area contributed by atoms with Gasteiger partial charge in [0.2, 0.25) is 11.8 Å². The third-order valence-corrected chi connectivity index (χ3v) is 9.85. The standard InChI is InChI=1S/C18H32N2O8S.C14H24N2O8S/c1-2-3-4-11-27-18(25)13-29(26)12-9-14(21)19-10-5-6-17(24)28-20-15(22)7-8-16(20)23;1-2-6-23-14(21)9-25(22)7-5-10(17)15-8-13(20)24-16-11(18)3-4-12(16)19/h15-16,22-23H,2-13H2,1H3,(H,19,21);11-12,18-19H,2-9H2,1H3,(H,15,17). The summed E-state index contributed by atoms with van der Waals surface area (Å²) in [4.78, 5) is 79.0. The smallest absolute Gasteiger partial charge is 0.344 e. The summed E-state index contributed by atoms with van der Waals surface area (Å²) in [7, 11) is -2.99. The lowest BCUT2D eigenvalue weighted by Crippen LogP contribution is -2.41. The molecule has 0 aliphatic carbocycles. The van der Waals surface area contributed by atoms with Crippen molar-refractivity contribution < 1.29 is 76.8 Å². The molecule has 6 N–H and O–H groups in total. The quantitative estimate of drug-likeness (QED) is 0.0469. The molecule has 2 aliphatic heterocycles. The van der Waals surface area contributed by atoms with E-state index in [1.807, 2.05) is 13.8 Å². The summed E-state index contributed by atoms with van der Waals surface area (Å²) in [6, 6.07) is 0. The van der Waals surface area contributed by atoms with Gasteiger partial charge in [-0.3, -0.25) is 32.4 Å². The van der Waals surface area contributed by atoms with Crippen LogP contribution in [0, 0.1) is 0 Å². The number of unbranched alkanes of at least 4 members (excludes halogenated alkanes) is 2. The van der Waals surface area contributed by atoms with Crippen LogP contribution in [0.1, 0.15) is 90.9 Å². The Morgan fingerprint density at radius 1 is 0.593 bits per heavy atom. The van der Waals surface area contributed by atoms with Gasteiger partial charge in [0.25, 0.3) is 0 Å². The maximum Gasteiger partial charge on any atom is 0.344 e. The fourth-order valence-corrected chi connectivity index (χ4v) is 6.33. The molecule has 0 aromatic carbocycles. The highest BCUT2D eigenvalue weighted by Crippen LogP contribution is 2.21. The number of aliphatic hydroxyl groups is 4. The number of hydrogen-bond acceptors (Lipinski definition) is 18. The van der Waals surface area contributed by atoms with Crippen LogP contribution >= 0.6 is 0 Å². The van der Waals surface area contributed by atoms with Crippen LogP contribution in [0.5, 0.6) is 0 Å². The fraction of sp³-hybridized carbons (Fsp3) is 0.812. The molecular formula is C32H56N4O16S2. The number of rotatable bonds is 24. The first-order valence-electron chi connectivity index (χ1n) is 17.9. The molecule has 2 rings (SSSR count). The fourth-order valence-electron chi connectivity index (χ4n) is 4.52. The summed E-state index contributed by atoms with van der Waals surface area (Å²) in [5.41, 5.74) is 0. The predicted molar refractivity (Wildman–Crippen MR) is 190 cm³/mol. The van der Waals surface area contributed by atoms with Crippen LogP contribution in [0.2, 0.25) is 0 Å². The van der Waals surface area contributed by atoms with Crippen LogP contribution in [0.4, 0.5) is 0 Å². The van der Waals surface area contributed by atoms with Gasteiger partial charge in [0, 0.05) is 58.9 Å². The first-order chi connectivity index (χ1) is 25.7. The zero-order valence-electron chi connectivity index (χ0n) is 30.9. The molecule has 0 saturated carbocycles. The van der Waals surface area contributed by atoms with Gasteiger partial charge in [0.15, 0.2) is 0 Å². The highest BCUT2D eigenvalue weighted by Gasteiger charge is 2.35. The van der Waals surface area contributed by atoms with Gasteiger partial charge in [-0.15, -0.1) is 0 Å². The highest BCUT2D eigenvalue weighted by atomic mass is 32.2. The van der Waals surface area contributed by atoms with Gasteiger partial charge in [0.05, 0.1) is 13.2 Å². The maximum absolute atomic E-state index is 11.8. The topological polar surface area (TPSA) is 285 Å². The van der Waals surface area contributed by atoms with E-state index in [-0.39, 0.29) is 74.2 Å². The van der Waals surface area contributed by atoms with Crippen molar-refractivity contribution >= 4 is 57.3 Å². The molecule has 2 saturated heterocycles. The van der Waals surface area contributed by atoms with E-state index in [1.54, 1.807) is 0 Å². The summed E-state index contributed by atoms with van der Waals surface area (Å²) in [6.45, 7) is 4.23. The second-order valence-corrected chi connectivity index (χ2v) is 15.3. The molecule has 312 valence electrons. The number of carbonyl (C=O) groups is 6. The Morgan fingerprint density at radius 3 is 1.54 bits per heavy atom. The second kappa shape index (κ2) is 28.3. The SMILES string of the molecule is CCCCCOC(=O)CS(=O)CCC(=O)NCCCC(=O)ON1C(O)CCC1O.CCCOC(=O)CS(=O)CCC(=O)NCC(=O)ON1C(O)CCC1O. The monoisotopic (exact) mass is 816 g/mol. The van der Waals surface area contributed by atoms with E-state index in [4.69, 9.17) is 19.1 Å². The molecule has 0 aromatic heterocycles. The van der Waals surface area contributed by atoms with Crippen molar-refractivity contribution in [3.8, 4) is 0 Å². The van der Waals surface area contributed by atoms with E-state index < -0.39 is 82.8 Å². The minimum absolute atomic E-state index is 0.00597. The molecule has 0 aromatic rings. The van der Waals surface area contributed by atoms with E-state index in [2.05, 4.69) is 10.6 Å². The third-order valence-electron chi connectivity index (χ3n) is 7.41. The minimum Gasteiger partial charge on any atom is -0.465 e. The number of carbonyl (C=O) groups excluding carboxylic acids is 6. The van der Waals surface area contributed by atoms with Crippen molar-refractivity contribution in [2.45, 2.75) is 116 Å². The van der Waals surface area contributed by atoms with Crippen LogP contribution in [0.15, 0.2) is 0 Å². The Balaban J connectivity index is 0.000000546. The molecule has 0 radical (unpaired) electrons. The van der Waals surface area contributed by atoms with Crippen LogP contribution in [-0.4, -0.2) is 149 Å². The van der Waals surface area contributed by atoms with Gasteiger partial charge in [-0.05, 0) is 44.9 Å². The lowest BCUT2D eigenvalue weighted by molar-refractivity contribution is -0.261. The summed E-state index contributed by atoms with van der Waals surface area (Å²) < 4.78 is 33.2. The first-order valence-corrected chi connectivity index (χ1v) is 20.9. The average molecular weight is 817 g/mol. The zero-order chi connectivity index (χ0) is 40.5. The number of hydrogen-bond donors (Lipinski definition) is 6. The summed E-state index contributed by atoms with van der Waals surface area (Å²) in [6.07, 6.45) is 0.644. The van der Waals surface area contributed by atoms with Crippen LogP contribution in [0.25, 0.3) is 0 Å². The number of amides is 2. The first kappa shape index (κ1) is 48.9. The minimum atomic E-state index is -1.53. The molecule has 0 spiro atoms. The number of esters is 2. The number of aliphatic hydroxyl groups excluding tert-OH is 4. The van der Waals surface area contributed by atoms with E-state index in [0.29, 0.717) is 32.3 Å². The number of nitrogens with one attached hydrogen (secondary N) is 2. The molecule has 6 unspecified atom stereocenters. The molecule has 54 heavy (non-hydrogen) atoms. The van der Waals surface area contributed by atoms with E-state index in [1.165, 1.54) is 0 Å². The lowest BCUT2D eigenvalue weighted by Gasteiger charge is -2.21. The van der Waals surface area contributed by atoms with E-state index in [0.717, 1.165) is 29.4 Å². The molecule has 0 bridgehead atoms. The van der Waals surface area contributed by atoms with Crippen molar-refractivity contribution in [3.05, 3.63) is 0 Å². The Labute approximate surface area is 319 Å². The van der Waals surface area contributed by atoms with Gasteiger partial charge in [-0.2, -0.15) is 0 Å². The predicted octanol–water partition coefficient (Wildman–Crippen LogP) is -1.67. The van der Waals surface area contributed by atoms with Gasteiger partial charge >= 0.3 is 23.9 Å². The van der Waals surface area contributed by atoms with Gasteiger partial charge in [0.1, 0.15) is 43.0 Å². The lowest BCUT2D eigenvalue weighted by atomic mass is 10.3. The van der Waals surface area contributed by atoms with Gasteiger partial charge < -0.3 is 50.2 Å². The van der Waals surface area contributed by atoms with Crippen molar-refractivity contribution in [1.29, 1.82) is 0 Å². The molecule has 22 heteroatoms. The van der Waals surface area contributed by atoms with E-state index in [9.17, 15) is 57.6 Å². The van der Waals surface area contributed by atoms with Crippen molar-refractivity contribution in [1.82, 2.24) is 20.8 Å². The Morgan fingerprint density at radius 2 is 1.06 bits per heavy atom. The highest BCUT2D eigenvalue weighted by molar-refractivity contribution is 7.86. The normalized spacial score (nSPS) is 20.9. The van der Waals surface area contributed by atoms with Crippen molar-refractivity contribution in [3.63, 3.8) is 0 Å². The van der Waals surface area contributed by atoms with Crippen LogP contribution < -0.4 is 10.6 Å². The molecular weight excluding hydrogens is 760 g/mol. The summed E-state index contributed by atoms with van der Waals surface area (Å²) in [5, 5.41) is 44.6. The molecule has 2 aliphatic rings. The Hall–Kier alpha value is -3.12. The van der Waals surface area contributed by atoms with E-state index >= 15 is 0 Å². The third kappa shape index (κ3) is 22.3. The maximum atomic E-state index is 11.8. The second-order valence-electron chi connectivity index (χ2n) is 12.2. The Kier molecular flexibility index (Phi) is 25.6. The summed E-state index contributed by atoms with van der Waals surface area (Å²) >= 11 is 0. The number of ether oxygens (including phenoxy) is 2. The molecule has 2 fully saturated rings. The van der Waals surface area contributed by atoms with Crippen molar-refractivity contribution in [2.75, 3.05) is 49.3 Å². The Bertz CT molecular complexity index is 1230. The van der Waals surface area contributed by atoms with Gasteiger partial charge in [-0.1, -0.05) is 36.8 Å². The van der Waals surface area contributed by atoms with Gasteiger partial charge in [-0.25, -0.2) is 4.79 Å². The molecule has 20 nitrogen and oxygen atoms in total. The molecule has 6 atom stereocenters. The van der Waals surface area contributed by atoms with Crippen molar-refractivity contribution in [2.24, 2.45) is 0 Å². The van der Waals surface area contributed by atoms with Crippen LogP contribution in [-0.2, 0) is 69.5 Å². The molecule has 2 heterocycles. The van der Waals surface area contributed by atoms with Crippen LogP contribution in [0.3, 0.4) is 0 Å².